The van der Waals surface area contributed by atoms with Crippen molar-refractivity contribution >= 4 is 22.5 Å². The summed E-state index contributed by atoms with van der Waals surface area (Å²) in [5, 5.41) is 1.18. The van der Waals surface area contributed by atoms with Crippen LogP contribution in [0.5, 0.6) is 5.88 Å². The van der Waals surface area contributed by atoms with Crippen LogP contribution in [0.15, 0.2) is 48.8 Å². The lowest BCUT2D eigenvalue weighted by Gasteiger charge is -2.34. The van der Waals surface area contributed by atoms with Gasteiger partial charge in [-0.25, -0.2) is 15.0 Å². The average molecular weight is 390 g/mol. The summed E-state index contributed by atoms with van der Waals surface area (Å²) in [4.78, 5) is 18.6. The van der Waals surface area contributed by atoms with Gasteiger partial charge in [0.05, 0.1) is 5.52 Å². The van der Waals surface area contributed by atoms with E-state index in [4.69, 9.17) is 9.72 Å². The highest BCUT2D eigenvalue weighted by Crippen LogP contribution is 2.29. The van der Waals surface area contributed by atoms with Crippen molar-refractivity contribution in [2.24, 2.45) is 0 Å². The number of piperidine rings is 2. The van der Waals surface area contributed by atoms with Crippen LogP contribution in [-0.2, 0) is 0 Å². The number of ether oxygens (including phenoxy) is 1. The lowest BCUT2D eigenvalue weighted by Crippen LogP contribution is -2.39. The molecule has 4 heterocycles. The Morgan fingerprint density at radius 3 is 2.45 bits per heavy atom. The van der Waals surface area contributed by atoms with E-state index in [9.17, 15) is 0 Å². The lowest BCUT2D eigenvalue weighted by atomic mass is 10.1. The average Bonchev–Trinajstić information content (AvgIpc) is 2.80. The largest absolute Gasteiger partial charge is 0.472 e. The van der Waals surface area contributed by atoms with Crippen LogP contribution in [0, 0.1) is 0 Å². The summed E-state index contributed by atoms with van der Waals surface area (Å²) in [6.45, 7) is 3.97. The first-order valence-electron chi connectivity index (χ1n) is 10.7. The maximum Gasteiger partial charge on any atom is 0.257 e. The van der Waals surface area contributed by atoms with Crippen molar-refractivity contribution in [1.82, 2.24) is 15.0 Å². The van der Waals surface area contributed by atoms with Gasteiger partial charge in [-0.1, -0.05) is 18.2 Å². The van der Waals surface area contributed by atoms with E-state index >= 15 is 0 Å². The van der Waals surface area contributed by atoms with E-state index in [1.807, 2.05) is 6.07 Å². The molecule has 2 aromatic heterocycles. The Morgan fingerprint density at radius 2 is 1.59 bits per heavy atom. The van der Waals surface area contributed by atoms with Crippen molar-refractivity contribution < 1.29 is 4.74 Å². The fraction of sp³-hybridized carbons (Fsp3) is 0.435. The van der Waals surface area contributed by atoms with Crippen LogP contribution < -0.4 is 14.5 Å². The van der Waals surface area contributed by atoms with Gasteiger partial charge in [0.15, 0.2) is 5.82 Å². The highest BCUT2D eigenvalue weighted by atomic mass is 16.5. The van der Waals surface area contributed by atoms with Gasteiger partial charge in [-0.05, 0) is 37.5 Å². The number of hydrogen-bond acceptors (Lipinski definition) is 6. The van der Waals surface area contributed by atoms with Crippen molar-refractivity contribution in [2.45, 2.75) is 38.2 Å². The molecule has 2 fully saturated rings. The number of hydrogen-bond donors (Lipinski definition) is 0. The maximum absolute atomic E-state index is 6.33. The first-order chi connectivity index (χ1) is 14.4. The van der Waals surface area contributed by atoms with Gasteiger partial charge in [-0.3, -0.25) is 0 Å². The van der Waals surface area contributed by atoms with Crippen molar-refractivity contribution in [3.8, 4) is 5.88 Å². The third kappa shape index (κ3) is 3.97. The van der Waals surface area contributed by atoms with Gasteiger partial charge in [-0.2, -0.15) is 0 Å². The minimum absolute atomic E-state index is 0.173. The molecular formula is C23H27N5O. The highest BCUT2D eigenvalue weighted by Gasteiger charge is 2.25. The van der Waals surface area contributed by atoms with Crippen LogP contribution in [0.3, 0.4) is 0 Å². The summed E-state index contributed by atoms with van der Waals surface area (Å²) in [6.07, 6.45) is 9.33. The smallest absolute Gasteiger partial charge is 0.257 e. The number of aromatic nitrogens is 3. The summed E-state index contributed by atoms with van der Waals surface area (Å²) in [6, 6.07) is 12.6. The molecule has 2 saturated heterocycles. The Bertz CT molecular complexity index is 964. The molecule has 3 aromatic rings. The molecule has 29 heavy (non-hydrogen) atoms. The molecular weight excluding hydrogens is 362 g/mol. The van der Waals surface area contributed by atoms with Gasteiger partial charge >= 0.3 is 0 Å². The fourth-order valence-corrected chi connectivity index (χ4v) is 4.32. The lowest BCUT2D eigenvalue weighted by molar-refractivity contribution is 0.163. The molecule has 0 bridgehead atoms. The molecule has 6 nitrogen and oxygen atoms in total. The van der Waals surface area contributed by atoms with Crippen LogP contribution >= 0.6 is 0 Å². The molecule has 0 spiro atoms. The highest BCUT2D eigenvalue weighted by molar-refractivity contribution is 5.80. The van der Waals surface area contributed by atoms with Gasteiger partial charge in [-0.15, -0.1) is 0 Å². The molecule has 6 heteroatoms. The summed E-state index contributed by atoms with van der Waals surface area (Å²) in [7, 11) is 0. The van der Waals surface area contributed by atoms with Crippen LogP contribution in [0.2, 0.25) is 0 Å². The van der Waals surface area contributed by atoms with Gasteiger partial charge < -0.3 is 14.5 Å². The third-order valence-corrected chi connectivity index (χ3v) is 5.93. The van der Waals surface area contributed by atoms with E-state index in [1.165, 1.54) is 24.6 Å². The van der Waals surface area contributed by atoms with Crippen LogP contribution in [-0.4, -0.2) is 47.2 Å². The second-order valence-corrected chi connectivity index (χ2v) is 7.90. The Morgan fingerprint density at radius 1 is 0.793 bits per heavy atom. The second-order valence-electron chi connectivity index (χ2n) is 7.90. The number of para-hydroxylation sites is 1. The van der Waals surface area contributed by atoms with E-state index < -0.39 is 0 Å². The van der Waals surface area contributed by atoms with Gasteiger partial charge in [0.25, 0.3) is 5.88 Å². The molecule has 0 radical (unpaired) electrons. The quantitative estimate of drug-likeness (QED) is 0.671. The van der Waals surface area contributed by atoms with E-state index in [0.29, 0.717) is 5.88 Å². The molecule has 0 atom stereocenters. The first-order valence-corrected chi connectivity index (χ1v) is 10.7. The molecule has 0 unspecified atom stereocenters. The predicted molar refractivity (Wildman–Crippen MR) is 116 cm³/mol. The minimum atomic E-state index is 0.173. The Hall–Kier alpha value is -2.89. The van der Waals surface area contributed by atoms with Gasteiger partial charge in [0.1, 0.15) is 11.9 Å². The Balaban J connectivity index is 1.24. The summed E-state index contributed by atoms with van der Waals surface area (Å²) in [5.74, 6) is 2.65. The molecule has 0 amide bonds. The normalized spacial score (nSPS) is 18.2. The van der Waals surface area contributed by atoms with Crippen molar-refractivity contribution in [3.63, 3.8) is 0 Å². The predicted octanol–water partition coefficient (Wildman–Crippen LogP) is 4.06. The first kappa shape index (κ1) is 18.2. The molecule has 0 aliphatic carbocycles. The summed E-state index contributed by atoms with van der Waals surface area (Å²) >= 11 is 0. The fourth-order valence-electron chi connectivity index (χ4n) is 4.32. The summed E-state index contributed by atoms with van der Waals surface area (Å²) in [5.41, 5.74) is 1.05. The zero-order chi connectivity index (χ0) is 19.5. The molecule has 0 N–H and O–H groups in total. The van der Waals surface area contributed by atoms with Gasteiger partial charge in [0.2, 0.25) is 0 Å². The minimum Gasteiger partial charge on any atom is -0.472 e. The van der Waals surface area contributed by atoms with Crippen LogP contribution in [0.4, 0.5) is 11.6 Å². The number of fused-ring (bicyclic) bond motifs is 1. The molecule has 5 rings (SSSR count). The zero-order valence-electron chi connectivity index (χ0n) is 16.7. The number of pyridine rings is 1. The van der Waals surface area contributed by atoms with E-state index in [0.717, 1.165) is 56.2 Å². The molecule has 2 aliphatic heterocycles. The maximum atomic E-state index is 6.33. The number of rotatable bonds is 4. The molecule has 2 aliphatic rings. The standard InChI is InChI=1S/C23H27N5O/c1-4-14-28(15-5-1)22-23(25-13-12-24-22)29-19-10-16-27(17-11-19)21-9-8-18-6-2-3-7-20(18)26-21/h2-3,6-9,12-13,19H,1,4-5,10-11,14-17H2. The monoisotopic (exact) mass is 389 g/mol. The van der Waals surface area contributed by atoms with E-state index in [-0.39, 0.29) is 6.10 Å². The molecule has 1 aromatic carbocycles. The topological polar surface area (TPSA) is 54.4 Å². The van der Waals surface area contributed by atoms with Crippen molar-refractivity contribution in [3.05, 3.63) is 48.8 Å². The Kier molecular flexibility index (Phi) is 5.15. The number of anilines is 2. The van der Waals surface area contributed by atoms with Gasteiger partial charge in [0, 0.05) is 56.8 Å². The zero-order valence-corrected chi connectivity index (χ0v) is 16.7. The second kappa shape index (κ2) is 8.23. The molecule has 150 valence electrons. The van der Waals surface area contributed by atoms with Crippen LogP contribution in [0.1, 0.15) is 32.1 Å². The molecule has 0 saturated carbocycles. The van der Waals surface area contributed by atoms with Crippen LogP contribution in [0.25, 0.3) is 10.9 Å². The number of benzene rings is 1. The number of nitrogens with zero attached hydrogens (tertiary/aromatic N) is 5. The SMILES string of the molecule is c1ccc2nc(N3CCC(Oc4nccnc4N4CCCCC4)CC3)ccc2c1. The Labute approximate surface area is 171 Å². The summed E-state index contributed by atoms with van der Waals surface area (Å²) < 4.78 is 6.33. The third-order valence-electron chi connectivity index (χ3n) is 5.93. The van der Waals surface area contributed by atoms with E-state index in [2.05, 4.69) is 50.1 Å². The van der Waals surface area contributed by atoms with E-state index in [1.54, 1.807) is 12.4 Å². The van der Waals surface area contributed by atoms with Crippen molar-refractivity contribution in [1.29, 1.82) is 0 Å². The van der Waals surface area contributed by atoms with Crippen molar-refractivity contribution in [2.75, 3.05) is 36.0 Å².